The number of carboxylic acids is 1. The second kappa shape index (κ2) is 6.60. The Balaban J connectivity index is 1.88. The normalized spacial score (nSPS) is 10.3. The van der Waals surface area contributed by atoms with Crippen LogP contribution in [0.5, 0.6) is 5.75 Å². The van der Waals surface area contributed by atoms with Gasteiger partial charge in [0.1, 0.15) is 18.0 Å². The summed E-state index contributed by atoms with van der Waals surface area (Å²) in [7, 11) is 0. The lowest BCUT2D eigenvalue weighted by molar-refractivity contribution is -0.137. The van der Waals surface area contributed by atoms with E-state index in [0.29, 0.717) is 18.7 Å². The van der Waals surface area contributed by atoms with E-state index in [9.17, 15) is 14.7 Å². The SMILES string of the molecule is O=C(O)Cn1cccc1C(=O)NCCc1ccc(O)cc1. The Morgan fingerprint density at radius 2 is 1.86 bits per heavy atom. The van der Waals surface area contributed by atoms with Crippen molar-refractivity contribution < 1.29 is 19.8 Å². The molecule has 0 unspecified atom stereocenters. The van der Waals surface area contributed by atoms with Crippen LogP contribution in [0.1, 0.15) is 16.1 Å². The number of nitrogens with one attached hydrogen (secondary N) is 1. The summed E-state index contributed by atoms with van der Waals surface area (Å²) in [6.07, 6.45) is 2.19. The summed E-state index contributed by atoms with van der Waals surface area (Å²) in [6.45, 7) is 0.190. The monoisotopic (exact) mass is 288 g/mol. The molecule has 1 heterocycles. The summed E-state index contributed by atoms with van der Waals surface area (Å²) in [5.41, 5.74) is 1.32. The Kier molecular flexibility index (Phi) is 4.61. The van der Waals surface area contributed by atoms with Crippen molar-refractivity contribution in [2.24, 2.45) is 0 Å². The average molecular weight is 288 g/mol. The fraction of sp³-hybridized carbons (Fsp3) is 0.200. The zero-order chi connectivity index (χ0) is 15.2. The van der Waals surface area contributed by atoms with Gasteiger partial charge in [-0.3, -0.25) is 9.59 Å². The number of carboxylic acid groups (broad SMARTS) is 1. The highest BCUT2D eigenvalue weighted by atomic mass is 16.4. The Labute approximate surface area is 121 Å². The third-order valence-electron chi connectivity index (χ3n) is 3.00. The van der Waals surface area contributed by atoms with E-state index in [4.69, 9.17) is 5.11 Å². The van der Waals surface area contributed by atoms with Crippen molar-refractivity contribution in [1.82, 2.24) is 9.88 Å². The van der Waals surface area contributed by atoms with Gasteiger partial charge in [-0.25, -0.2) is 0 Å². The fourth-order valence-electron chi connectivity index (χ4n) is 1.98. The average Bonchev–Trinajstić information content (AvgIpc) is 2.88. The van der Waals surface area contributed by atoms with Crippen molar-refractivity contribution in [2.45, 2.75) is 13.0 Å². The smallest absolute Gasteiger partial charge is 0.323 e. The van der Waals surface area contributed by atoms with Crippen molar-refractivity contribution in [3.05, 3.63) is 53.9 Å². The van der Waals surface area contributed by atoms with Crippen LogP contribution in [0.3, 0.4) is 0 Å². The minimum atomic E-state index is -0.996. The third-order valence-corrected chi connectivity index (χ3v) is 3.00. The van der Waals surface area contributed by atoms with Crippen molar-refractivity contribution in [1.29, 1.82) is 0 Å². The molecule has 0 saturated carbocycles. The molecule has 0 bridgehead atoms. The van der Waals surface area contributed by atoms with Crippen LogP contribution in [0.25, 0.3) is 0 Å². The number of aromatic nitrogens is 1. The zero-order valence-electron chi connectivity index (χ0n) is 11.3. The second-order valence-electron chi connectivity index (χ2n) is 4.59. The molecule has 1 aromatic carbocycles. The van der Waals surface area contributed by atoms with Gasteiger partial charge in [-0.15, -0.1) is 0 Å². The molecule has 0 aliphatic heterocycles. The van der Waals surface area contributed by atoms with Crippen LogP contribution < -0.4 is 5.32 Å². The molecule has 0 saturated heterocycles. The summed E-state index contributed by atoms with van der Waals surface area (Å²) in [4.78, 5) is 22.7. The van der Waals surface area contributed by atoms with Gasteiger partial charge in [0.05, 0.1) is 0 Å². The molecule has 2 rings (SSSR count). The number of carbonyl (C=O) groups excluding carboxylic acids is 1. The summed E-state index contributed by atoms with van der Waals surface area (Å²) >= 11 is 0. The molecule has 1 aromatic heterocycles. The number of phenols is 1. The number of amides is 1. The number of phenolic OH excluding ortho intramolecular Hbond substituents is 1. The maximum Gasteiger partial charge on any atom is 0.323 e. The summed E-state index contributed by atoms with van der Waals surface area (Å²) < 4.78 is 1.39. The van der Waals surface area contributed by atoms with Gasteiger partial charge in [0.2, 0.25) is 0 Å². The predicted molar refractivity (Wildman–Crippen MR) is 76.2 cm³/mol. The molecule has 0 radical (unpaired) electrons. The highest BCUT2D eigenvalue weighted by molar-refractivity contribution is 5.93. The van der Waals surface area contributed by atoms with E-state index >= 15 is 0 Å². The van der Waals surface area contributed by atoms with E-state index in [-0.39, 0.29) is 18.2 Å². The number of aliphatic carboxylic acids is 1. The van der Waals surface area contributed by atoms with Gasteiger partial charge in [-0.05, 0) is 36.2 Å². The van der Waals surface area contributed by atoms with Gasteiger partial charge in [0, 0.05) is 12.7 Å². The largest absolute Gasteiger partial charge is 0.508 e. The summed E-state index contributed by atoms with van der Waals surface area (Å²) in [5, 5.41) is 20.7. The fourth-order valence-corrected chi connectivity index (χ4v) is 1.98. The number of hydrogen-bond acceptors (Lipinski definition) is 3. The lowest BCUT2D eigenvalue weighted by Crippen LogP contribution is -2.28. The Morgan fingerprint density at radius 1 is 1.14 bits per heavy atom. The molecule has 6 nitrogen and oxygen atoms in total. The van der Waals surface area contributed by atoms with Crippen molar-refractivity contribution in [3.8, 4) is 5.75 Å². The standard InChI is InChI=1S/C15H16N2O4/c18-12-5-3-11(4-6-12)7-8-16-15(21)13-2-1-9-17(13)10-14(19)20/h1-6,9,18H,7-8,10H2,(H,16,21)(H,19,20). The van der Waals surface area contributed by atoms with E-state index in [2.05, 4.69) is 5.32 Å². The van der Waals surface area contributed by atoms with Crippen molar-refractivity contribution in [3.63, 3.8) is 0 Å². The molecule has 0 aliphatic rings. The van der Waals surface area contributed by atoms with Gasteiger partial charge in [-0.2, -0.15) is 0 Å². The Bertz CT molecular complexity index is 631. The van der Waals surface area contributed by atoms with Crippen LogP contribution in [0, 0.1) is 0 Å². The first kappa shape index (κ1) is 14.6. The van der Waals surface area contributed by atoms with Crippen LogP contribution in [0.2, 0.25) is 0 Å². The van der Waals surface area contributed by atoms with Gasteiger partial charge in [0.25, 0.3) is 5.91 Å². The first-order valence-corrected chi connectivity index (χ1v) is 6.49. The molecular formula is C15H16N2O4. The van der Waals surface area contributed by atoms with E-state index in [0.717, 1.165) is 5.56 Å². The summed E-state index contributed by atoms with van der Waals surface area (Å²) in [5.74, 6) is -1.10. The number of hydrogen-bond donors (Lipinski definition) is 3. The van der Waals surface area contributed by atoms with E-state index < -0.39 is 5.97 Å². The minimum absolute atomic E-state index is 0.203. The number of carbonyl (C=O) groups is 2. The molecule has 3 N–H and O–H groups in total. The van der Waals surface area contributed by atoms with Crippen molar-refractivity contribution >= 4 is 11.9 Å². The molecule has 21 heavy (non-hydrogen) atoms. The van der Waals surface area contributed by atoms with E-state index in [1.165, 1.54) is 4.57 Å². The predicted octanol–water partition coefficient (Wildman–Crippen LogP) is 1.25. The van der Waals surface area contributed by atoms with Gasteiger partial charge in [-0.1, -0.05) is 12.1 Å². The van der Waals surface area contributed by atoms with Crippen LogP contribution in [0.4, 0.5) is 0 Å². The molecule has 0 spiro atoms. The zero-order valence-corrected chi connectivity index (χ0v) is 11.3. The number of nitrogens with zero attached hydrogens (tertiary/aromatic N) is 1. The first-order chi connectivity index (χ1) is 10.1. The molecule has 0 atom stereocenters. The molecule has 1 amide bonds. The lowest BCUT2D eigenvalue weighted by atomic mass is 10.1. The van der Waals surface area contributed by atoms with Gasteiger partial charge >= 0.3 is 5.97 Å². The number of rotatable bonds is 6. The van der Waals surface area contributed by atoms with Gasteiger partial charge in [0.15, 0.2) is 0 Å². The third kappa shape index (κ3) is 4.10. The Morgan fingerprint density at radius 3 is 2.52 bits per heavy atom. The van der Waals surface area contributed by atoms with Gasteiger partial charge < -0.3 is 20.1 Å². The second-order valence-corrected chi connectivity index (χ2v) is 4.59. The van der Waals surface area contributed by atoms with E-state index in [1.54, 1.807) is 42.6 Å². The molecule has 0 fully saturated rings. The van der Waals surface area contributed by atoms with Crippen LogP contribution >= 0.6 is 0 Å². The maximum atomic E-state index is 12.0. The highest BCUT2D eigenvalue weighted by Crippen LogP contribution is 2.09. The molecular weight excluding hydrogens is 272 g/mol. The molecule has 6 heteroatoms. The number of aromatic hydroxyl groups is 1. The van der Waals surface area contributed by atoms with E-state index in [1.807, 2.05) is 0 Å². The van der Waals surface area contributed by atoms with Crippen LogP contribution in [-0.4, -0.2) is 33.2 Å². The summed E-state index contributed by atoms with van der Waals surface area (Å²) in [6, 6.07) is 9.98. The molecule has 2 aromatic rings. The number of benzene rings is 1. The maximum absolute atomic E-state index is 12.0. The highest BCUT2D eigenvalue weighted by Gasteiger charge is 2.11. The molecule has 110 valence electrons. The quantitative estimate of drug-likeness (QED) is 0.746. The minimum Gasteiger partial charge on any atom is -0.508 e. The lowest BCUT2D eigenvalue weighted by Gasteiger charge is -2.08. The topological polar surface area (TPSA) is 91.6 Å². The van der Waals surface area contributed by atoms with Crippen molar-refractivity contribution in [2.75, 3.05) is 6.54 Å². The first-order valence-electron chi connectivity index (χ1n) is 6.49. The molecule has 0 aliphatic carbocycles. The van der Waals surface area contributed by atoms with Crippen LogP contribution in [0.15, 0.2) is 42.6 Å². The van der Waals surface area contributed by atoms with Crippen LogP contribution in [-0.2, 0) is 17.8 Å². The Hall–Kier alpha value is -2.76.